The van der Waals surface area contributed by atoms with E-state index < -0.39 is 5.91 Å². The van der Waals surface area contributed by atoms with Gasteiger partial charge in [0.15, 0.2) is 0 Å². The van der Waals surface area contributed by atoms with E-state index in [2.05, 4.69) is 9.97 Å². The van der Waals surface area contributed by atoms with Gasteiger partial charge in [0, 0.05) is 32.6 Å². The van der Waals surface area contributed by atoms with E-state index in [9.17, 15) is 4.79 Å². The number of hydrogen-bond donors (Lipinski definition) is 2. The molecule has 0 bridgehead atoms. The van der Waals surface area contributed by atoms with Gasteiger partial charge in [0.1, 0.15) is 23.3 Å². The number of nitrogens with two attached hydrogens (primary N) is 1. The number of aromatic nitrogens is 2. The highest BCUT2D eigenvalue weighted by atomic mass is 35.5. The Morgan fingerprint density at radius 3 is 2.87 bits per heavy atom. The first-order chi connectivity index (χ1) is 14.5. The third kappa shape index (κ3) is 3.99. The summed E-state index contributed by atoms with van der Waals surface area (Å²) in [4.78, 5) is 20.9. The van der Waals surface area contributed by atoms with E-state index in [0.29, 0.717) is 16.5 Å². The predicted octanol–water partition coefficient (Wildman–Crippen LogP) is 5.12. The number of carbonyl (C=O) groups excluding carboxylic acids is 1. The van der Waals surface area contributed by atoms with Crippen molar-refractivity contribution >= 4 is 39.9 Å². The molecular formula is C22H20ClN3O3S. The summed E-state index contributed by atoms with van der Waals surface area (Å²) in [7, 11) is 1.60. The number of carbonyl (C=O) groups is 1. The number of H-pyrrole nitrogens is 1. The zero-order chi connectivity index (χ0) is 21.3. The average Bonchev–Trinajstić information content (AvgIpc) is 3.31. The highest BCUT2D eigenvalue weighted by molar-refractivity contribution is 7.16. The molecule has 0 fully saturated rings. The van der Waals surface area contributed by atoms with Crippen LogP contribution in [0.5, 0.6) is 11.5 Å². The molecule has 0 aliphatic carbocycles. The summed E-state index contributed by atoms with van der Waals surface area (Å²) in [6, 6.07) is 11.4. The van der Waals surface area contributed by atoms with Gasteiger partial charge < -0.3 is 20.2 Å². The molecule has 4 aromatic rings. The molecule has 3 N–H and O–H groups in total. The standard InChI is InChI=1S/C22H20ClN3O3S/c1-12(14-5-3-4-6-17(14)23)29-18-8-19(30-20(18)9-21(24)27)16-11-26-22-15(16)7-13(28-2)10-25-22/h3-8,10-12H,9H2,1-2H3,(H2,24,27)(H,25,26). The lowest BCUT2D eigenvalue weighted by molar-refractivity contribution is -0.117. The van der Waals surface area contributed by atoms with Gasteiger partial charge in [-0.05, 0) is 25.1 Å². The summed E-state index contributed by atoms with van der Waals surface area (Å²) < 4.78 is 11.5. The number of fused-ring (bicyclic) bond motifs is 1. The number of methoxy groups -OCH3 is 1. The van der Waals surface area contributed by atoms with Gasteiger partial charge in [-0.25, -0.2) is 4.98 Å². The molecule has 4 rings (SSSR count). The first-order valence-corrected chi connectivity index (χ1v) is 10.5. The van der Waals surface area contributed by atoms with Gasteiger partial charge in [-0.1, -0.05) is 29.8 Å². The number of thiophene rings is 1. The third-order valence-corrected chi connectivity index (χ3v) is 6.25. The summed E-state index contributed by atoms with van der Waals surface area (Å²) in [6.07, 6.45) is 3.35. The van der Waals surface area contributed by atoms with E-state index >= 15 is 0 Å². The molecule has 30 heavy (non-hydrogen) atoms. The second kappa shape index (κ2) is 8.38. The average molecular weight is 442 g/mol. The number of benzene rings is 1. The van der Waals surface area contributed by atoms with Crippen LogP contribution >= 0.6 is 22.9 Å². The molecule has 1 amide bonds. The van der Waals surface area contributed by atoms with E-state index in [4.69, 9.17) is 26.8 Å². The molecule has 3 heterocycles. The maximum atomic E-state index is 11.6. The third-order valence-electron chi connectivity index (χ3n) is 4.76. The van der Waals surface area contributed by atoms with Crippen LogP contribution in [0.25, 0.3) is 21.5 Å². The van der Waals surface area contributed by atoms with Crippen LogP contribution in [-0.2, 0) is 11.2 Å². The summed E-state index contributed by atoms with van der Waals surface area (Å²) in [5, 5.41) is 1.55. The molecular weight excluding hydrogens is 422 g/mol. The molecule has 8 heteroatoms. The maximum Gasteiger partial charge on any atom is 0.222 e. The Labute approximate surface area is 182 Å². The number of rotatable bonds is 7. The zero-order valence-electron chi connectivity index (χ0n) is 16.4. The topological polar surface area (TPSA) is 90.2 Å². The molecule has 1 unspecified atom stereocenters. The Morgan fingerprint density at radius 2 is 2.13 bits per heavy atom. The number of ether oxygens (including phenoxy) is 2. The van der Waals surface area contributed by atoms with Gasteiger partial charge in [-0.15, -0.1) is 11.3 Å². The summed E-state index contributed by atoms with van der Waals surface area (Å²) in [5.41, 5.74) is 8.05. The molecule has 3 aromatic heterocycles. The minimum atomic E-state index is -0.416. The van der Waals surface area contributed by atoms with Gasteiger partial charge in [-0.3, -0.25) is 4.79 Å². The van der Waals surface area contributed by atoms with E-state index in [1.165, 1.54) is 11.3 Å². The lowest BCUT2D eigenvalue weighted by atomic mass is 10.1. The Hall–Kier alpha value is -3.03. The van der Waals surface area contributed by atoms with Gasteiger partial charge >= 0.3 is 0 Å². The van der Waals surface area contributed by atoms with Crippen LogP contribution in [0.15, 0.2) is 48.8 Å². The highest BCUT2D eigenvalue weighted by Crippen LogP contribution is 2.41. The summed E-state index contributed by atoms with van der Waals surface area (Å²) >= 11 is 7.78. The first kappa shape index (κ1) is 20.3. The molecule has 0 spiro atoms. The van der Waals surface area contributed by atoms with Gasteiger partial charge in [0.05, 0.1) is 24.6 Å². The molecule has 1 atom stereocenters. The fourth-order valence-corrected chi connectivity index (χ4v) is 4.71. The molecule has 1 aromatic carbocycles. The van der Waals surface area contributed by atoms with Gasteiger partial charge in [-0.2, -0.15) is 0 Å². The number of nitrogens with one attached hydrogen (secondary N) is 1. The van der Waals surface area contributed by atoms with Gasteiger partial charge in [0.25, 0.3) is 0 Å². The molecule has 0 radical (unpaired) electrons. The number of aromatic amines is 1. The number of amides is 1. The van der Waals surface area contributed by atoms with Crippen molar-refractivity contribution in [1.82, 2.24) is 9.97 Å². The van der Waals surface area contributed by atoms with Crippen molar-refractivity contribution in [3.8, 4) is 21.9 Å². The Kier molecular flexibility index (Phi) is 5.65. The Morgan fingerprint density at radius 1 is 1.33 bits per heavy atom. The SMILES string of the molecule is COc1cnc2[nH]cc(-c3cc(OC(C)c4ccccc4Cl)c(CC(N)=O)s3)c2c1. The molecule has 0 saturated carbocycles. The van der Waals surface area contributed by atoms with Crippen molar-refractivity contribution in [2.75, 3.05) is 7.11 Å². The molecule has 6 nitrogen and oxygen atoms in total. The van der Waals surface area contributed by atoms with E-state index in [1.807, 2.05) is 49.5 Å². The molecule has 0 aliphatic heterocycles. The van der Waals surface area contributed by atoms with Gasteiger partial charge in [0.2, 0.25) is 5.91 Å². The second-order valence-corrected chi connectivity index (χ2v) is 8.34. The van der Waals surface area contributed by atoms with Crippen LogP contribution < -0.4 is 15.2 Å². The largest absolute Gasteiger partial charge is 0.495 e. The smallest absolute Gasteiger partial charge is 0.222 e. The van der Waals surface area contributed by atoms with Crippen LogP contribution in [-0.4, -0.2) is 23.0 Å². The summed E-state index contributed by atoms with van der Waals surface area (Å²) in [6.45, 7) is 1.92. The quantitative estimate of drug-likeness (QED) is 0.416. The van der Waals surface area contributed by atoms with Crippen LogP contribution in [0.1, 0.15) is 23.5 Å². The lowest BCUT2D eigenvalue weighted by Crippen LogP contribution is -2.13. The monoisotopic (exact) mass is 441 g/mol. The fraction of sp³-hybridized carbons (Fsp3) is 0.182. The van der Waals surface area contributed by atoms with E-state index in [1.54, 1.807) is 13.3 Å². The van der Waals surface area contributed by atoms with E-state index in [-0.39, 0.29) is 12.5 Å². The van der Waals surface area contributed by atoms with Crippen molar-refractivity contribution in [1.29, 1.82) is 0 Å². The maximum absolute atomic E-state index is 11.6. The van der Waals surface area contributed by atoms with Crippen LogP contribution in [0.3, 0.4) is 0 Å². The second-order valence-electron chi connectivity index (χ2n) is 6.80. The Balaban J connectivity index is 1.74. The number of pyridine rings is 1. The number of halogens is 1. The normalized spacial score (nSPS) is 12.1. The van der Waals surface area contributed by atoms with E-state index in [0.717, 1.165) is 31.9 Å². The molecule has 0 saturated heterocycles. The van der Waals surface area contributed by atoms with Crippen LogP contribution in [0, 0.1) is 0 Å². The first-order valence-electron chi connectivity index (χ1n) is 9.30. The van der Waals surface area contributed by atoms with Crippen molar-refractivity contribution in [3.63, 3.8) is 0 Å². The van der Waals surface area contributed by atoms with Crippen molar-refractivity contribution in [2.24, 2.45) is 5.73 Å². The van der Waals surface area contributed by atoms with Crippen LogP contribution in [0.2, 0.25) is 5.02 Å². The van der Waals surface area contributed by atoms with Crippen molar-refractivity contribution in [2.45, 2.75) is 19.4 Å². The number of primary amides is 1. The molecule has 154 valence electrons. The van der Waals surface area contributed by atoms with Crippen molar-refractivity contribution < 1.29 is 14.3 Å². The van der Waals surface area contributed by atoms with Crippen LogP contribution in [0.4, 0.5) is 0 Å². The molecule has 0 aliphatic rings. The Bertz CT molecular complexity index is 1220. The lowest BCUT2D eigenvalue weighted by Gasteiger charge is -2.16. The summed E-state index contributed by atoms with van der Waals surface area (Å²) in [5.74, 6) is 0.869. The highest BCUT2D eigenvalue weighted by Gasteiger charge is 2.20. The van der Waals surface area contributed by atoms with Crippen molar-refractivity contribution in [3.05, 3.63) is 64.3 Å². The fourth-order valence-electron chi connectivity index (χ4n) is 3.28. The number of hydrogen-bond acceptors (Lipinski definition) is 5. The predicted molar refractivity (Wildman–Crippen MR) is 119 cm³/mol. The minimum absolute atomic E-state index is 0.0964. The minimum Gasteiger partial charge on any atom is -0.495 e. The zero-order valence-corrected chi connectivity index (χ0v) is 18.0. The number of nitrogens with zero attached hydrogens (tertiary/aromatic N) is 1.